The molecule has 0 aliphatic rings. The Hall–Kier alpha value is -1.56. The van der Waals surface area contributed by atoms with E-state index in [1.165, 1.54) is 26.3 Å². The van der Waals surface area contributed by atoms with E-state index < -0.39 is 17.2 Å². The molecule has 6 heteroatoms. The van der Waals surface area contributed by atoms with Crippen LogP contribution in [0.1, 0.15) is 25.0 Å². The summed E-state index contributed by atoms with van der Waals surface area (Å²) in [6, 6.07) is 4.56. The van der Waals surface area contributed by atoms with E-state index in [9.17, 15) is 18.0 Å². The fourth-order valence-electron chi connectivity index (χ4n) is 1.68. The highest BCUT2D eigenvalue weighted by molar-refractivity contribution is 5.86. The van der Waals surface area contributed by atoms with Gasteiger partial charge in [-0.25, -0.2) is 5.06 Å². The number of rotatable bonds is 3. The average Bonchev–Trinajstić information content (AvgIpc) is 2.36. The van der Waals surface area contributed by atoms with Crippen LogP contribution >= 0.6 is 0 Å². The lowest BCUT2D eigenvalue weighted by atomic mass is 9.83. The zero-order valence-corrected chi connectivity index (χ0v) is 11.2. The number of carbonyl (C=O) groups excluding carboxylic acids is 1. The summed E-state index contributed by atoms with van der Waals surface area (Å²) in [7, 11) is 2.80. The van der Waals surface area contributed by atoms with E-state index in [1.807, 2.05) is 0 Å². The van der Waals surface area contributed by atoms with Crippen molar-refractivity contribution in [2.24, 2.45) is 0 Å². The van der Waals surface area contributed by atoms with Crippen LogP contribution in [0.15, 0.2) is 24.3 Å². The van der Waals surface area contributed by atoms with Gasteiger partial charge in [-0.2, -0.15) is 13.2 Å². The van der Waals surface area contributed by atoms with Crippen LogP contribution in [-0.2, 0) is 21.2 Å². The monoisotopic (exact) mass is 275 g/mol. The Bertz CT molecular complexity index is 452. The van der Waals surface area contributed by atoms with Crippen LogP contribution in [0, 0.1) is 0 Å². The molecule has 1 aromatic carbocycles. The maximum Gasteiger partial charge on any atom is 0.416 e. The largest absolute Gasteiger partial charge is 0.416 e. The van der Waals surface area contributed by atoms with Crippen LogP contribution in [0.2, 0.25) is 0 Å². The zero-order valence-electron chi connectivity index (χ0n) is 11.2. The number of halogens is 3. The molecule has 0 saturated carbocycles. The standard InChI is InChI=1S/C13H16F3NO2/c1-12(2,11(18)17(3)19-4)9-5-7-10(8-6-9)13(14,15)16/h5-8H,1-4H3. The summed E-state index contributed by atoms with van der Waals surface area (Å²) in [5.41, 5.74) is -1.21. The van der Waals surface area contributed by atoms with Crippen LogP contribution in [0.4, 0.5) is 13.2 Å². The second-order valence-electron chi connectivity index (χ2n) is 4.69. The van der Waals surface area contributed by atoms with Crippen molar-refractivity contribution in [3.63, 3.8) is 0 Å². The Balaban J connectivity index is 3.06. The van der Waals surface area contributed by atoms with E-state index in [1.54, 1.807) is 13.8 Å². The molecule has 0 aliphatic heterocycles. The minimum absolute atomic E-state index is 0.338. The number of hydrogen-bond donors (Lipinski definition) is 0. The minimum atomic E-state index is -4.38. The number of amides is 1. The van der Waals surface area contributed by atoms with Gasteiger partial charge in [0.25, 0.3) is 5.91 Å². The molecule has 1 aromatic rings. The van der Waals surface area contributed by atoms with Gasteiger partial charge in [-0.05, 0) is 31.5 Å². The SMILES string of the molecule is CON(C)C(=O)C(C)(C)c1ccc(C(F)(F)F)cc1. The molecular weight excluding hydrogens is 259 g/mol. The van der Waals surface area contributed by atoms with E-state index in [0.29, 0.717) is 5.56 Å². The van der Waals surface area contributed by atoms with Gasteiger partial charge in [0.05, 0.1) is 18.1 Å². The molecule has 0 radical (unpaired) electrons. The molecule has 0 fully saturated rings. The van der Waals surface area contributed by atoms with Crippen LogP contribution in [0.5, 0.6) is 0 Å². The molecule has 3 nitrogen and oxygen atoms in total. The Labute approximate surface area is 109 Å². The van der Waals surface area contributed by atoms with Crippen molar-refractivity contribution in [2.75, 3.05) is 14.2 Å². The third-order valence-corrected chi connectivity index (χ3v) is 3.03. The summed E-state index contributed by atoms with van der Waals surface area (Å²) in [5.74, 6) is -0.338. The van der Waals surface area contributed by atoms with Crippen LogP contribution in [0.3, 0.4) is 0 Å². The first-order valence-electron chi connectivity index (χ1n) is 5.60. The van der Waals surface area contributed by atoms with E-state index >= 15 is 0 Å². The van der Waals surface area contributed by atoms with E-state index in [0.717, 1.165) is 17.2 Å². The van der Waals surface area contributed by atoms with Gasteiger partial charge in [0.1, 0.15) is 0 Å². The summed E-state index contributed by atoms with van der Waals surface area (Å²) >= 11 is 0. The van der Waals surface area contributed by atoms with Crippen LogP contribution in [0.25, 0.3) is 0 Å². The topological polar surface area (TPSA) is 29.5 Å². The molecule has 0 N–H and O–H groups in total. The molecule has 0 bridgehead atoms. The van der Waals surface area contributed by atoms with Crippen molar-refractivity contribution >= 4 is 5.91 Å². The molecule has 1 amide bonds. The Morgan fingerprint density at radius 2 is 1.53 bits per heavy atom. The van der Waals surface area contributed by atoms with Crippen molar-refractivity contribution < 1.29 is 22.8 Å². The highest BCUT2D eigenvalue weighted by atomic mass is 19.4. The lowest BCUT2D eigenvalue weighted by Crippen LogP contribution is -2.40. The van der Waals surface area contributed by atoms with Crippen LogP contribution < -0.4 is 0 Å². The van der Waals surface area contributed by atoms with Crippen LogP contribution in [-0.4, -0.2) is 25.1 Å². The quantitative estimate of drug-likeness (QED) is 0.794. The van der Waals surface area contributed by atoms with Gasteiger partial charge < -0.3 is 0 Å². The molecular formula is C13H16F3NO2. The molecule has 0 heterocycles. The number of likely N-dealkylation sites (N-methyl/N-ethyl adjacent to an activating group) is 1. The predicted molar refractivity (Wildman–Crippen MR) is 64.2 cm³/mol. The maximum atomic E-state index is 12.5. The smallest absolute Gasteiger partial charge is 0.275 e. The normalized spacial score (nSPS) is 12.4. The number of nitrogens with zero attached hydrogens (tertiary/aromatic N) is 1. The highest BCUT2D eigenvalue weighted by Gasteiger charge is 2.35. The van der Waals surface area contributed by atoms with Gasteiger partial charge in [-0.15, -0.1) is 0 Å². The second-order valence-corrected chi connectivity index (χ2v) is 4.69. The molecule has 0 unspecified atom stereocenters. The fourth-order valence-corrected chi connectivity index (χ4v) is 1.68. The molecule has 19 heavy (non-hydrogen) atoms. The summed E-state index contributed by atoms with van der Waals surface area (Å²) < 4.78 is 37.4. The summed E-state index contributed by atoms with van der Waals surface area (Å²) in [6.07, 6.45) is -4.38. The highest BCUT2D eigenvalue weighted by Crippen LogP contribution is 2.32. The van der Waals surface area contributed by atoms with Crippen molar-refractivity contribution in [1.29, 1.82) is 0 Å². The number of hydrogen-bond acceptors (Lipinski definition) is 2. The van der Waals surface area contributed by atoms with E-state index in [-0.39, 0.29) is 5.91 Å². The Morgan fingerprint density at radius 1 is 1.11 bits per heavy atom. The van der Waals surface area contributed by atoms with Gasteiger partial charge in [-0.1, -0.05) is 12.1 Å². The fraction of sp³-hybridized carbons (Fsp3) is 0.462. The molecule has 0 spiro atoms. The van der Waals surface area contributed by atoms with Crippen molar-refractivity contribution in [2.45, 2.75) is 25.4 Å². The maximum absolute atomic E-state index is 12.5. The third-order valence-electron chi connectivity index (χ3n) is 3.03. The zero-order chi connectivity index (χ0) is 14.8. The van der Waals surface area contributed by atoms with Gasteiger partial charge in [0.2, 0.25) is 0 Å². The van der Waals surface area contributed by atoms with E-state index in [4.69, 9.17) is 4.84 Å². The van der Waals surface area contributed by atoms with E-state index in [2.05, 4.69) is 0 Å². The second kappa shape index (κ2) is 5.21. The molecule has 1 rings (SSSR count). The average molecular weight is 275 g/mol. The van der Waals surface area contributed by atoms with Gasteiger partial charge >= 0.3 is 6.18 Å². The Kier molecular flexibility index (Phi) is 4.25. The van der Waals surface area contributed by atoms with Gasteiger partial charge in [0, 0.05) is 7.05 Å². The van der Waals surface area contributed by atoms with Gasteiger partial charge in [-0.3, -0.25) is 9.63 Å². The summed E-state index contributed by atoms with van der Waals surface area (Å²) in [6.45, 7) is 3.26. The number of alkyl halides is 3. The van der Waals surface area contributed by atoms with Crippen molar-refractivity contribution in [1.82, 2.24) is 5.06 Å². The minimum Gasteiger partial charge on any atom is -0.275 e. The molecule has 0 saturated heterocycles. The molecule has 0 aromatic heterocycles. The third kappa shape index (κ3) is 3.26. The van der Waals surface area contributed by atoms with Crippen molar-refractivity contribution in [3.05, 3.63) is 35.4 Å². The van der Waals surface area contributed by atoms with Gasteiger partial charge in [0.15, 0.2) is 0 Å². The summed E-state index contributed by atoms with van der Waals surface area (Å²) in [5, 5.41) is 1.05. The molecule has 106 valence electrons. The molecule has 0 atom stereocenters. The summed E-state index contributed by atoms with van der Waals surface area (Å²) in [4.78, 5) is 16.9. The first-order chi connectivity index (χ1) is 8.60. The predicted octanol–water partition coefficient (Wildman–Crippen LogP) is 3.00. The lowest BCUT2D eigenvalue weighted by molar-refractivity contribution is -0.174. The molecule has 0 aliphatic carbocycles. The van der Waals surface area contributed by atoms with Crippen molar-refractivity contribution in [3.8, 4) is 0 Å². The number of carbonyl (C=O) groups is 1. The first-order valence-corrected chi connectivity index (χ1v) is 5.60. The Morgan fingerprint density at radius 3 is 1.89 bits per heavy atom. The number of hydroxylamine groups is 2. The first kappa shape index (κ1) is 15.5. The lowest BCUT2D eigenvalue weighted by Gasteiger charge is -2.28. The number of benzene rings is 1.